The van der Waals surface area contributed by atoms with Crippen LogP contribution in [0.1, 0.15) is 16.7 Å². The van der Waals surface area contributed by atoms with Crippen LogP contribution in [0.2, 0.25) is 5.02 Å². The Morgan fingerprint density at radius 2 is 2.00 bits per heavy atom. The van der Waals surface area contributed by atoms with Crippen LogP contribution in [0.15, 0.2) is 48.5 Å². The van der Waals surface area contributed by atoms with Crippen molar-refractivity contribution in [3.63, 3.8) is 0 Å². The third-order valence-electron chi connectivity index (χ3n) is 3.02. The summed E-state index contributed by atoms with van der Waals surface area (Å²) in [5.41, 5.74) is 3.44. The van der Waals surface area contributed by atoms with E-state index in [4.69, 9.17) is 11.6 Å². The van der Waals surface area contributed by atoms with Crippen LogP contribution in [0.25, 0.3) is 0 Å². The lowest BCUT2D eigenvalue weighted by Crippen LogP contribution is -2.24. The summed E-state index contributed by atoms with van der Waals surface area (Å²) in [6.45, 7) is 2.55. The normalized spacial score (nSPS) is 10.4. The number of carbonyl (C=O) groups is 1. The molecule has 21 heavy (non-hydrogen) atoms. The molecule has 0 saturated carbocycles. The fraction of sp³-hybridized carbons (Fsp3) is 0.235. The Bertz CT molecular complexity index is 615. The summed E-state index contributed by atoms with van der Waals surface area (Å²) in [6, 6.07) is 15.9. The zero-order chi connectivity index (χ0) is 15.1. The average Bonchev–Trinajstić information content (AvgIpc) is 2.46. The first-order chi connectivity index (χ1) is 10.1. The molecule has 1 N–H and O–H groups in total. The molecule has 0 radical (unpaired) electrons. The van der Waals surface area contributed by atoms with Gasteiger partial charge in [-0.1, -0.05) is 59.6 Å². The molecule has 0 atom stereocenters. The molecule has 2 aromatic carbocycles. The van der Waals surface area contributed by atoms with E-state index in [2.05, 4.69) is 30.4 Å². The number of nitrogens with one attached hydrogen (secondary N) is 1. The van der Waals surface area contributed by atoms with Gasteiger partial charge in [-0.05, 0) is 24.1 Å². The van der Waals surface area contributed by atoms with Gasteiger partial charge in [-0.3, -0.25) is 4.79 Å². The van der Waals surface area contributed by atoms with Crippen molar-refractivity contribution in [2.45, 2.75) is 19.2 Å². The van der Waals surface area contributed by atoms with Gasteiger partial charge < -0.3 is 5.32 Å². The molecule has 0 unspecified atom stereocenters. The molecule has 0 saturated heterocycles. The number of amides is 1. The van der Waals surface area contributed by atoms with Crippen molar-refractivity contribution in [3.05, 3.63) is 70.2 Å². The van der Waals surface area contributed by atoms with E-state index >= 15 is 0 Å². The standard InChI is InChI=1S/C17H18ClNOS/c1-13-5-4-6-14(9-13)11-21-12-17(20)19-10-15-7-2-3-8-16(15)18/h2-9H,10-12H2,1H3,(H,19,20). The molecule has 0 aliphatic rings. The summed E-state index contributed by atoms with van der Waals surface area (Å²) >= 11 is 7.67. The second-order valence-electron chi connectivity index (χ2n) is 4.85. The van der Waals surface area contributed by atoms with Gasteiger partial charge in [-0.25, -0.2) is 0 Å². The quantitative estimate of drug-likeness (QED) is 0.864. The van der Waals surface area contributed by atoms with Crippen LogP contribution in [-0.2, 0) is 17.1 Å². The summed E-state index contributed by atoms with van der Waals surface area (Å²) in [6.07, 6.45) is 0. The first kappa shape index (κ1) is 15.9. The predicted molar refractivity (Wildman–Crippen MR) is 90.6 cm³/mol. The van der Waals surface area contributed by atoms with Crippen LogP contribution in [0.4, 0.5) is 0 Å². The molecule has 0 spiro atoms. The number of hydrogen-bond donors (Lipinski definition) is 1. The van der Waals surface area contributed by atoms with Gasteiger partial charge in [0.2, 0.25) is 5.91 Å². The van der Waals surface area contributed by atoms with Gasteiger partial charge in [0.05, 0.1) is 5.75 Å². The lowest BCUT2D eigenvalue weighted by molar-refractivity contribution is -0.118. The Balaban J connectivity index is 1.72. The maximum atomic E-state index is 11.8. The van der Waals surface area contributed by atoms with Crippen molar-refractivity contribution >= 4 is 29.3 Å². The smallest absolute Gasteiger partial charge is 0.230 e. The third-order valence-corrected chi connectivity index (χ3v) is 4.39. The highest BCUT2D eigenvalue weighted by Crippen LogP contribution is 2.15. The molecule has 4 heteroatoms. The fourth-order valence-corrected chi connectivity index (χ4v) is 2.96. The molecule has 2 nitrogen and oxygen atoms in total. The van der Waals surface area contributed by atoms with Crippen molar-refractivity contribution in [1.82, 2.24) is 5.32 Å². The van der Waals surface area contributed by atoms with Crippen LogP contribution in [0.5, 0.6) is 0 Å². The number of rotatable bonds is 6. The SMILES string of the molecule is Cc1cccc(CSCC(=O)NCc2ccccc2Cl)c1. The summed E-state index contributed by atoms with van der Waals surface area (Å²) in [7, 11) is 0. The van der Waals surface area contributed by atoms with Crippen LogP contribution in [0, 0.1) is 6.92 Å². The predicted octanol–water partition coefficient (Wildman–Crippen LogP) is 4.20. The van der Waals surface area contributed by atoms with Gasteiger partial charge in [0.15, 0.2) is 0 Å². The Hall–Kier alpha value is -1.45. The van der Waals surface area contributed by atoms with Crippen molar-refractivity contribution < 1.29 is 4.79 Å². The highest BCUT2D eigenvalue weighted by Gasteiger charge is 2.04. The molecule has 0 aromatic heterocycles. The summed E-state index contributed by atoms with van der Waals surface area (Å²) in [5.74, 6) is 1.34. The Labute approximate surface area is 134 Å². The maximum absolute atomic E-state index is 11.8. The third kappa shape index (κ3) is 5.44. The van der Waals surface area contributed by atoms with Gasteiger partial charge >= 0.3 is 0 Å². The van der Waals surface area contributed by atoms with Gasteiger partial charge in [0.25, 0.3) is 0 Å². The number of benzene rings is 2. The van der Waals surface area contributed by atoms with E-state index in [1.165, 1.54) is 11.1 Å². The number of carbonyl (C=O) groups excluding carboxylic acids is 1. The number of thioether (sulfide) groups is 1. The van der Waals surface area contributed by atoms with Gasteiger partial charge in [0.1, 0.15) is 0 Å². The molecule has 110 valence electrons. The van der Waals surface area contributed by atoms with E-state index in [0.717, 1.165) is 11.3 Å². The summed E-state index contributed by atoms with van der Waals surface area (Å²) < 4.78 is 0. The van der Waals surface area contributed by atoms with E-state index in [-0.39, 0.29) is 5.91 Å². The minimum atomic E-state index is 0.0348. The lowest BCUT2D eigenvalue weighted by atomic mass is 10.2. The zero-order valence-electron chi connectivity index (χ0n) is 11.9. The molecule has 1 amide bonds. The van der Waals surface area contributed by atoms with Crippen LogP contribution in [-0.4, -0.2) is 11.7 Å². The van der Waals surface area contributed by atoms with Crippen molar-refractivity contribution in [2.75, 3.05) is 5.75 Å². The van der Waals surface area contributed by atoms with Crippen molar-refractivity contribution in [3.8, 4) is 0 Å². The monoisotopic (exact) mass is 319 g/mol. The number of aryl methyl sites for hydroxylation is 1. The van der Waals surface area contributed by atoms with E-state index in [0.29, 0.717) is 17.3 Å². The van der Waals surface area contributed by atoms with Crippen LogP contribution >= 0.6 is 23.4 Å². The average molecular weight is 320 g/mol. The van der Waals surface area contributed by atoms with Crippen LogP contribution in [0.3, 0.4) is 0 Å². The maximum Gasteiger partial charge on any atom is 0.230 e. The van der Waals surface area contributed by atoms with E-state index in [9.17, 15) is 4.79 Å². The molecule has 0 aliphatic carbocycles. The second kappa shape index (κ2) is 8.11. The molecule has 0 bridgehead atoms. The Kier molecular flexibility index (Phi) is 6.15. The van der Waals surface area contributed by atoms with E-state index in [1.54, 1.807) is 11.8 Å². The highest BCUT2D eigenvalue weighted by molar-refractivity contribution is 7.99. The molecular weight excluding hydrogens is 302 g/mol. The fourth-order valence-electron chi connectivity index (χ4n) is 1.95. The first-order valence-electron chi connectivity index (χ1n) is 6.78. The molecule has 2 aromatic rings. The number of halogens is 1. The largest absolute Gasteiger partial charge is 0.351 e. The van der Waals surface area contributed by atoms with E-state index < -0.39 is 0 Å². The second-order valence-corrected chi connectivity index (χ2v) is 6.24. The minimum absolute atomic E-state index is 0.0348. The number of hydrogen-bond acceptors (Lipinski definition) is 2. The Morgan fingerprint density at radius 3 is 2.76 bits per heavy atom. The molecule has 0 aliphatic heterocycles. The Morgan fingerprint density at radius 1 is 1.19 bits per heavy atom. The topological polar surface area (TPSA) is 29.1 Å². The van der Waals surface area contributed by atoms with E-state index in [1.807, 2.05) is 30.3 Å². The minimum Gasteiger partial charge on any atom is -0.351 e. The van der Waals surface area contributed by atoms with Gasteiger partial charge in [-0.15, -0.1) is 11.8 Å². The summed E-state index contributed by atoms with van der Waals surface area (Å²) in [4.78, 5) is 11.8. The molecule has 0 fully saturated rings. The molecule has 0 heterocycles. The van der Waals surface area contributed by atoms with Gasteiger partial charge in [0, 0.05) is 17.3 Å². The van der Waals surface area contributed by atoms with Gasteiger partial charge in [-0.2, -0.15) is 0 Å². The van der Waals surface area contributed by atoms with Crippen LogP contribution < -0.4 is 5.32 Å². The summed E-state index contributed by atoms with van der Waals surface area (Å²) in [5, 5.41) is 3.58. The van der Waals surface area contributed by atoms with Crippen molar-refractivity contribution in [2.24, 2.45) is 0 Å². The zero-order valence-corrected chi connectivity index (χ0v) is 13.5. The molecular formula is C17H18ClNOS. The highest BCUT2D eigenvalue weighted by atomic mass is 35.5. The molecule has 2 rings (SSSR count). The lowest BCUT2D eigenvalue weighted by Gasteiger charge is -2.07. The van der Waals surface area contributed by atoms with Crippen molar-refractivity contribution in [1.29, 1.82) is 0 Å². The first-order valence-corrected chi connectivity index (χ1v) is 8.32.